The number of rotatable bonds is 8. The molecule has 2 aromatic heterocycles. The van der Waals surface area contributed by atoms with Crippen molar-refractivity contribution < 1.29 is 4.74 Å². The Kier molecular flexibility index (Phi) is 7.65. The van der Waals surface area contributed by atoms with Crippen molar-refractivity contribution in [2.45, 2.75) is 45.7 Å². The number of pyridine rings is 1. The molecule has 1 N–H and O–H groups in total. The third-order valence-corrected chi connectivity index (χ3v) is 8.44. The molecule has 1 aliphatic heterocycles. The molecule has 210 valence electrons. The van der Waals surface area contributed by atoms with Crippen molar-refractivity contribution >= 4 is 10.9 Å². The molecule has 3 aromatic carbocycles. The number of fused-ring (bicyclic) bond motifs is 1. The maximum absolute atomic E-state index is 13.7. The van der Waals surface area contributed by atoms with Crippen molar-refractivity contribution in [3.05, 3.63) is 117 Å². The molecule has 0 amide bonds. The van der Waals surface area contributed by atoms with Gasteiger partial charge in [-0.25, -0.2) is 4.68 Å². The molecule has 1 fully saturated rings. The molecule has 0 unspecified atom stereocenters. The zero-order valence-corrected chi connectivity index (χ0v) is 23.9. The Labute approximate surface area is 240 Å². The maximum atomic E-state index is 13.7. The first-order valence-electron chi connectivity index (χ1n) is 14.3. The van der Waals surface area contributed by atoms with E-state index in [1.165, 1.54) is 5.56 Å². The van der Waals surface area contributed by atoms with Crippen LogP contribution in [-0.4, -0.2) is 50.3 Å². The van der Waals surface area contributed by atoms with Crippen LogP contribution in [0.5, 0.6) is 5.75 Å². The minimum absolute atomic E-state index is 0.0957. The molecule has 0 spiro atoms. The van der Waals surface area contributed by atoms with Crippen LogP contribution in [0.15, 0.2) is 77.6 Å². The molecule has 0 radical (unpaired) electrons. The second-order valence-corrected chi connectivity index (χ2v) is 11.2. The van der Waals surface area contributed by atoms with Gasteiger partial charge in [-0.15, -0.1) is 5.10 Å². The third kappa shape index (κ3) is 5.65. The fourth-order valence-electron chi connectivity index (χ4n) is 6.08. The largest absolute Gasteiger partial charge is 0.497 e. The van der Waals surface area contributed by atoms with Crippen LogP contribution in [0.1, 0.15) is 52.5 Å². The van der Waals surface area contributed by atoms with Crippen LogP contribution in [-0.2, 0) is 13.0 Å². The van der Waals surface area contributed by atoms with E-state index in [1.54, 1.807) is 7.11 Å². The zero-order valence-electron chi connectivity index (χ0n) is 23.9. The number of aryl methyl sites for hydroxylation is 2. The number of piperidine rings is 1. The highest BCUT2D eigenvalue weighted by molar-refractivity contribution is 5.85. The van der Waals surface area contributed by atoms with Crippen molar-refractivity contribution in [2.75, 3.05) is 20.2 Å². The number of hydrogen-bond donors (Lipinski definition) is 1. The van der Waals surface area contributed by atoms with E-state index in [4.69, 9.17) is 4.74 Å². The number of nitrogens with zero attached hydrogens (tertiary/aromatic N) is 5. The SMILES string of the molecule is COc1ccc(Cn2nnnc2[C@H](c2cc3c(C)ccc(C)c3[nH]c2=O)N2CCC(Cc3ccccc3)CC2)cc1. The molecule has 1 aliphatic rings. The molecule has 5 aromatic rings. The maximum Gasteiger partial charge on any atom is 0.253 e. The number of tetrazole rings is 1. The second-order valence-electron chi connectivity index (χ2n) is 11.2. The van der Waals surface area contributed by atoms with Gasteiger partial charge in [0.1, 0.15) is 11.8 Å². The second kappa shape index (κ2) is 11.7. The fourth-order valence-corrected chi connectivity index (χ4v) is 6.08. The molecule has 0 saturated carbocycles. The first-order valence-corrected chi connectivity index (χ1v) is 14.3. The highest BCUT2D eigenvalue weighted by Crippen LogP contribution is 2.33. The fraction of sp³-hybridized carbons (Fsp3) is 0.333. The number of H-pyrrole nitrogens is 1. The van der Waals surface area contributed by atoms with Gasteiger partial charge in [0.25, 0.3) is 5.56 Å². The van der Waals surface area contributed by atoms with E-state index in [0.29, 0.717) is 23.9 Å². The van der Waals surface area contributed by atoms with E-state index in [-0.39, 0.29) is 11.6 Å². The van der Waals surface area contributed by atoms with Crippen LogP contribution in [0.25, 0.3) is 10.9 Å². The highest BCUT2D eigenvalue weighted by Gasteiger charge is 2.33. The molecular weight excluding hydrogens is 512 g/mol. The minimum Gasteiger partial charge on any atom is -0.497 e. The smallest absolute Gasteiger partial charge is 0.253 e. The number of hydrogen-bond acceptors (Lipinski definition) is 6. The summed E-state index contributed by atoms with van der Waals surface area (Å²) in [5.41, 5.74) is 6.08. The van der Waals surface area contributed by atoms with Crippen LogP contribution in [0.2, 0.25) is 0 Å². The molecule has 1 atom stereocenters. The summed E-state index contributed by atoms with van der Waals surface area (Å²) in [4.78, 5) is 19.3. The van der Waals surface area contributed by atoms with Gasteiger partial charge in [-0.2, -0.15) is 0 Å². The Morgan fingerprint density at radius 2 is 1.68 bits per heavy atom. The van der Waals surface area contributed by atoms with Gasteiger partial charge in [-0.05, 0) is 103 Å². The van der Waals surface area contributed by atoms with Crippen molar-refractivity contribution in [3.8, 4) is 5.75 Å². The molecule has 6 rings (SSSR count). The number of benzene rings is 3. The summed E-state index contributed by atoms with van der Waals surface area (Å²) in [6.45, 7) is 6.34. The molecule has 3 heterocycles. The topological polar surface area (TPSA) is 88.9 Å². The lowest BCUT2D eigenvalue weighted by Crippen LogP contribution is -2.41. The number of likely N-dealkylation sites (tertiary alicyclic amines) is 1. The van der Waals surface area contributed by atoms with Crippen LogP contribution >= 0.6 is 0 Å². The first kappa shape index (κ1) is 26.9. The zero-order chi connectivity index (χ0) is 28.3. The van der Waals surface area contributed by atoms with Crippen LogP contribution < -0.4 is 10.3 Å². The predicted molar refractivity (Wildman–Crippen MR) is 160 cm³/mol. The Balaban J connectivity index is 1.36. The van der Waals surface area contributed by atoms with E-state index < -0.39 is 0 Å². The monoisotopic (exact) mass is 548 g/mol. The average molecular weight is 549 g/mol. The quantitative estimate of drug-likeness (QED) is 0.286. The molecule has 0 bridgehead atoms. The number of aromatic nitrogens is 5. The summed E-state index contributed by atoms with van der Waals surface area (Å²) in [7, 11) is 1.66. The van der Waals surface area contributed by atoms with E-state index >= 15 is 0 Å². The Morgan fingerprint density at radius 3 is 2.41 bits per heavy atom. The molecular formula is C33H36N6O2. The average Bonchev–Trinajstić information content (AvgIpc) is 3.45. The summed E-state index contributed by atoms with van der Waals surface area (Å²) >= 11 is 0. The number of methoxy groups -OCH3 is 1. The highest BCUT2D eigenvalue weighted by atomic mass is 16.5. The van der Waals surface area contributed by atoms with Crippen molar-refractivity contribution in [1.29, 1.82) is 0 Å². The predicted octanol–water partition coefficient (Wildman–Crippen LogP) is 5.23. The van der Waals surface area contributed by atoms with Gasteiger partial charge in [0.05, 0.1) is 19.2 Å². The third-order valence-electron chi connectivity index (χ3n) is 8.44. The van der Waals surface area contributed by atoms with E-state index in [1.807, 2.05) is 35.9 Å². The van der Waals surface area contributed by atoms with E-state index in [0.717, 1.165) is 65.7 Å². The molecule has 1 saturated heterocycles. The number of nitrogens with one attached hydrogen (secondary N) is 1. The Morgan fingerprint density at radius 1 is 0.951 bits per heavy atom. The van der Waals surface area contributed by atoms with Gasteiger partial charge in [0.15, 0.2) is 5.82 Å². The van der Waals surface area contributed by atoms with Gasteiger partial charge in [-0.1, -0.05) is 54.6 Å². The van der Waals surface area contributed by atoms with Gasteiger partial charge >= 0.3 is 0 Å². The molecule has 0 aliphatic carbocycles. The lowest BCUT2D eigenvalue weighted by Gasteiger charge is -2.37. The summed E-state index contributed by atoms with van der Waals surface area (Å²) < 4.78 is 7.15. The van der Waals surface area contributed by atoms with Gasteiger partial charge in [0.2, 0.25) is 0 Å². The van der Waals surface area contributed by atoms with Crippen molar-refractivity contribution in [1.82, 2.24) is 30.1 Å². The summed E-state index contributed by atoms with van der Waals surface area (Å²) in [5.74, 6) is 2.08. The lowest BCUT2D eigenvalue weighted by atomic mass is 9.88. The minimum atomic E-state index is -0.367. The van der Waals surface area contributed by atoms with Gasteiger partial charge < -0.3 is 9.72 Å². The summed E-state index contributed by atoms with van der Waals surface area (Å²) in [6.07, 6.45) is 3.17. The summed E-state index contributed by atoms with van der Waals surface area (Å²) in [6, 6.07) is 24.5. The molecule has 8 nitrogen and oxygen atoms in total. The van der Waals surface area contributed by atoms with E-state index in [9.17, 15) is 4.79 Å². The van der Waals surface area contributed by atoms with Gasteiger partial charge in [-0.3, -0.25) is 9.69 Å². The van der Waals surface area contributed by atoms with Crippen molar-refractivity contribution in [2.24, 2.45) is 5.92 Å². The van der Waals surface area contributed by atoms with Gasteiger partial charge in [0, 0.05) is 10.9 Å². The van der Waals surface area contributed by atoms with E-state index in [2.05, 4.69) is 80.9 Å². The lowest BCUT2D eigenvalue weighted by molar-refractivity contribution is 0.143. The molecule has 41 heavy (non-hydrogen) atoms. The first-order chi connectivity index (χ1) is 20.0. The normalized spacial score (nSPS) is 15.3. The van der Waals surface area contributed by atoms with Crippen molar-refractivity contribution in [3.63, 3.8) is 0 Å². The molecule has 8 heteroatoms. The van der Waals surface area contributed by atoms with Crippen LogP contribution in [0.4, 0.5) is 0 Å². The number of ether oxygens (including phenoxy) is 1. The summed E-state index contributed by atoms with van der Waals surface area (Å²) in [5, 5.41) is 14.0. The Hall–Kier alpha value is -4.30. The Bertz CT molecular complexity index is 1690. The van der Waals surface area contributed by atoms with Crippen LogP contribution in [0, 0.1) is 19.8 Å². The number of aromatic amines is 1. The standard InChI is InChI=1S/C33H36N6O2/c1-22-9-10-23(2)30-28(22)20-29(33(40)34-30)31(38-17-15-25(16-18-38)19-24-7-5-4-6-8-24)32-35-36-37-39(32)21-26-11-13-27(41-3)14-12-26/h4-14,20,25,31H,15-19,21H2,1-3H3,(H,34,40)/t31-/m0/s1. The van der Waals surface area contributed by atoms with Crippen LogP contribution in [0.3, 0.4) is 0 Å².